The van der Waals surface area contributed by atoms with Crippen LogP contribution >= 0.6 is 0 Å². The number of carbonyl (C=O) groups is 1. The Kier molecular flexibility index (Phi) is 2.18. The first-order valence-electron chi connectivity index (χ1n) is 4.38. The quantitative estimate of drug-likeness (QED) is 0.791. The van der Waals surface area contributed by atoms with Crippen molar-refractivity contribution >= 4 is 17.0 Å². The topological polar surface area (TPSA) is 69.1 Å². The zero-order valence-electron chi connectivity index (χ0n) is 7.56. The van der Waals surface area contributed by atoms with Gasteiger partial charge < -0.3 is 10.2 Å². The number of benzene rings is 1. The van der Waals surface area contributed by atoms with E-state index in [1.807, 2.05) is 24.3 Å². The predicted octanol–water partition coefficient (Wildman–Crippen LogP) is 1.25. The number of carbonyl (C=O) groups excluding carboxylic acids is 1. The fourth-order valence-corrected chi connectivity index (χ4v) is 1.26. The molecule has 4 nitrogen and oxygen atoms in total. The molecule has 0 unspecified atom stereocenters. The SMILES string of the molecule is NC(=O)CCc1nc2ccccc2o1. The molecule has 1 heterocycles. The van der Waals surface area contributed by atoms with Crippen LogP contribution in [0, 0.1) is 0 Å². The second-order valence-electron chi connectivity index (χ2n) is 3.04. The van der Waals surface area contributed by atoms with E-state index in [-0.39, 0.29) is 12.3 Å². The van der Waals surface area contributed by atoms with Crippen LogP contribution in [0.4, 0.5) is 0 Å². The van der Waals surface area contributed by atoms with Crippen molar-refractivity contribution in [3.05, 3.63) is 30.2 Å². The van der Waals surface area contributed by atoms with Crippen LogP contribution in [0.25, 0.3) is 11.1 Å². The molecule has 1 aromatic heterocycles. The highest BCUT2D eigenvalue weighted by Crippen LogP contribution is 2.15. The second kappa shape index (κ2) is 3.49. The van der Waals surface area contributed by atoms with Crippen molar-refractivity contribution in [2.24, 2.45) is 5.73 Å². The van der Waals surface area contributed by atoms with Crippen molar-refractivity contribution in [1.82, 2.24) is 4.98 Å². The van der Waals surface area contributed by atoms with Crippen LogP contribution in [0.1, 0.15) is 12.3 Å². The number of oxazole rings is 1. The molecule has 2 N–H and O–H groups in total. The van der Waals surface area contributed by atoms with Crippen LogP contribution in [0.15, 0.2) is 28.7 Å². The van der Waals surface area contributed by atoms with Gasteiger partial charge in [-0.1, -0.05) is 12.1 Å². The van der Waals surface area contributed by atoms with Gasteiger partial charge in [-0.2, -0.15) is 0 Å². The molecule has 2 aromatic rings. The largest absolute Gasteiger partial charge is 0.441 e. The van der Waals surface area contributed by atoms with Gasteiger partial charge in [0.05, 0.1) is 0 Å². The standard InChI is InChI=1S/C10H10N2O2/c11-9(13)5-6-10-12-7-3-1-2-4-8(7)14-10/h1-4H,5-6H2,(H2,11,13). The number of hydrogen-bond donors (Lipinski definition) is 1. The summed E-state index contributed by atoms with van der Waals surface area (Å²) in [5.74, 6) is 0.220. The third kappa shape index (κ3) is 1.74. The Morgan fingerprint density at radius 1 is 1.43 bits per heavy atom. The lowest BCUT2D eigenvalue weighted by Crippen LogP contribution is -2.11. The molecule has 0 bridgehead atoms. The molecule has 0 atom stereocenters. The first kappa shape index (κ1) is 8.74. The van der Waals surface area contributed by atoms with Crippen molar-refractivity contribution in [1.29, 1.82) is 0 Å². The van der Waals surface area contributed by atoms with Crippen LogP contribution < -0.4 is 5.73 Å². The average molecular weight is 190 g/mol. The normalized spacial score (nSPS) is 10.6. The number of amides is 1. The lowest BCUT2D eigenvalue weighted by atomic mass is 10.3. The van der Waals surface area contributed by atoms with E-state index in [4.69, 9.17) is 10.2 Å². The van der Waals surface area contributed by atoms with Crippen LogP contribution in [-0.2, 0) is 11.2 Å². The van der Waals surface area contributed by atoms with E-state index in [0.29, 0.717) is 12.3 Å². The maximum absolute atomic E-state index is 10.5. The molecule has 0 aliphatic heterocycles. The van der Waals surface area contributed by atoms with Crippen molar-refractivity contribution in [3.63, 3.8) is 0 Å². The van der Waals surface area contributed by atoms with Gasteiger partial charge in [0.1, 0.15) is 5.52 Å². The Morgan fingerprint density at radius 2 is 2.21 bits per heavy atom. The van der Waals surface area contributed by atoms with E-state index >= 15 is 0 Å². The second-order valence-corrected chi connectivity index (χ2v) is 3.04. The number of hydrogen-bond acceptors (Lipinski definition) is 3. The molecule has 1 aromatic carbocycles. The number of rotatable bonds is 3. The third-order valence-electron chi connectivity index (χ3n) is 1.92. The fraction of sp³-hybridized carbons (Fsp3) is 0.200. The van der Waals surface area contributed by atoms with E-state index < -0.39 is 0 Å². The molecular weight excluding hydrogens is 180 g/mol. The zero-order valence-corrected chi connectivity index (χ0v) is 7.56. The summed E-state index contributed by atoms with van der Waals surface area (Å²) >= 11 is 0. The summed E-state index contributed by atoms with van der Waals surface area (Å²) in [5, 5.41) is 0. The summed E-state index contributed by atoms with van der Waals surface area (Å²) in [6.45, 7) is 0. The molecule has 4 heteroatoms. The summed E-state index contributed by atoms with van der Waals surface area (Å²) < 4.78 is 5.40. The van der Waals surface area contributed by atoms with E-state index in [0.717, 1.165) is 11.1 Å². The smallest absolute Gasteiger partial charge is 0.217 e. The molecule has 72 valence electrons. The highest BCUT2D eigenvalue weighted by atomic mass is 16.3. The van der Waals surface area contributed by atoms with Crippen molar-refractivity contribution in [3.8, 4) is 0 Å². The van der Waals surface area contributed by atoms with Crippen LogP contribution in [0.5, 0.6) is 0 Å². The zero-order chi connectivity index (χ0) is 9.97. The van der Waals surface area contributed by atoms with Gasteiger partial charge in [0, 0.05) is 12.8 Å². The molecule has 0 fully saturated rings. The molecule has 0 saturated carbocycles. The Bertz CT molecular complexity index is 429. The van der Waals surface area contributed by atoms with Gasteiger partial charge in [0.2, 0.25) is 5.91 Å². The van der Waals surface area contributed by atoms with Crippen molar-refractivity contribution in [2.75, 3.05) is 0 Å². The van der Waals surface area contributed by atoms with Gasteiger partial charge in [-0.3, -0.25) is 4.79 Å². The van der Waals surface area contributed by atoms with Crippen molar-refractivity contribution < 1.29 is 9.21 Å². The molecule has 0 aliphatic carbocycles. The van der Waals surface area contributed by atoms with E-state index in [9.17, 15) is 4.79 Å². The van der Waals surface area contributed by atoms with Gasteiger partial charge in [-0.25, -0.2) is 4.98 Å². The highest BCUT2D eigenvalue weighted by Gasteiger charge is 2.05. The minimum atomic E-state index is -0.341. The van der Waals surface area contributed by atoms with Gasteiger partial charge >= 0.3 is 0 Å². The highest BCUT2D eigenvalue weighted by molar-refractivity contribution is 5.74. The first-order valence-corrected chi connectivity index (χ1v) is 4.38. The lowest BCUT2D eigenvalue weighted by Gasteiger charge is -1.89. The average Bonchev–Trinajstić information content (AvgIpc) is 2.57. The van der Waals surface area contributed by atoms with E-state index in [1.54, 1.807) is 0 Å². The molecule has 1 amide bonds. The van der Waals surface area contributed by atoms with Crippen LogP contribution in [-0.4, -0.2) is 10.9 Å². The number of nitrogens with zero attached hydrogens (tertiary/aromatic N) is 1. The van der Waals surface area contributed by atoms with E-state index in [2.05, 4.69) is 4.98 Å². The first-order chi connectivity index (χ1) is 6.75. The lowest BCUT2D eigenvalue weighted by molar-refractivity contribution is -0.118. The molecule has 0 aliphatic rings. The minimum absolute atomic E-state index is 0.271. The van der Waals surface area contributed by atoms with Gasteiger partial charge in [0.15, 0.2) is 11.5 Å². The number of primary amides is 1. The van der Waals surface area contributed by atoms with Crippen LogP contribution in [0.2, 0.25) is 0 Å². The number of aromatic nitrogens is 1. The number of para-hydroxylation sites is 2. The monoisotopic (exact) mass is 190 g/mol. The van der Waals surface area contributed by atoms with Gasteiger partial charge in [0.25, 0.3) is 0 Å². The molecule has 2 rings (SSSR count). The summed E-state index contributed by atoms with van der Waals surface area (Å²) in [5.41, 5.74) is 6.58. The summed E-state index contributed by atoms with van der Waals surface area (Å²) in [6, 6.07) is 7.48. The Hall–Kier alpha value is -1.84. The Morgan fingerprint density at radius 3 is 2.93 bits per heavy atom. The Balaban J connectivity index is 2.22. The van der Waals surface area contributed by atoms with E-state index in [1.165, 1.54) is 0 Å². The summed E-state index contributed by atoms with van der Waals surface area (Å²) in [4.78, 5) is 14.8. The Labute approximate surface area is 80.7 Å². The molecule has 0 spiro atoms. The van der Waals surface area contributed by atoms with Crippen LogP contribution in [0.3, 0.4) is 0 Å². The maximum Gasteiger partial charge on any atom is 0.217 e. The molecule has 0 saturated heterocycles. The minimum Gasteiger partial charge on any atom is -0.441 e. The number of aryl methyl sites for hydroxylation is 1. The molecular formula is C10H10N2O2. The summed E-state index contributed by atoms with van der Waals surface area (Å²) in [7, 11) is 0. The van der Waals surface area contributed by atoms with Crippen molar-refractivity contribution in [2.45, 2.75) is 12.8 Å². The third-order valence-corrected chi connectivity index (χ3v) is 1.92. The fourth-order valence-electron chi connectivity index (χ4n) is 1.26. The molecule has 0 radical (unpaired) electrons. The number of nitrogens with two attached hydrogens (primary N) is 1. The predicted molar refractivity (Wildman–Crippen MR) is 51.5 cm³/mol. The van der Waals surface area contributed by atoms with Gasteiger partial charge in [-0.15, -0.1) is 0 Å². The number of fused-ring (bicyclic) bond motifs is 1. The van der Waals surface area contributed by atoms with Gasteiger partial charge in [-0.05, 0) is 12.1 Å². The molecule has 14 heavy (non-hydrogen) atoms. The maximum atomic E-state index is 10.5. The summed E-state index contributed by atoms with van der Waals surface area (Å²) in [6.07, 6.45) is 0.733.